The number of nitriles is 1. The lowest BCUT2D eigenvalue weighted by molar-refractivity contribution is -0.161. The Morgan fingerprint density at radius 3 is 2.38 bits per heavy atom. The topological polar surface area (TPSA) is 101 Å². The van der Waals surface area contributed by atoms with Gasteiger partial charge in [-0.2, -0.15) is 18.4 Å². The molecular weight excluding hydrogens is 521 g/mol. The van der Waals surface area contributed by atoms with Crippen molar-refractivity contribution in [2.24, 2.45) is 0 Å². The Morgan fingerprint density at radius 1 is 1.05 bits per heavy atom. The molecule has 1 fully saturated rings. The number of carbonyl (C=O) groups is 2. The molecule has 2 heterocycles. The lowest BCUT2D eigenvalue weighted by Crippen LogP contribution is -2.53. The van der Waals surface area contributed by atoms with Gasteiger partial charge in [0.15, 0.2) is 0 Å². The average Bonchev–Trinajstić information content (AvgIpc) is 2.94. The predicted octanol–water partition coefficient (Wildman–Crippen LogP) is 4.24. The SMILES string of the molecule is C[C@H](CNC(C(=O)Nc1ccc(N2CCN(CC(F)(F)F)C(=O)C2)cn1)c1ccccc1)c1ccc(C#N)cc1. The first-order chi connectivity index (χ1) is 19.1. The number of nitrogens with one attached hydrogen (secondary N) is 2. The van der Waals surface area contributed by atoms with E-state index in [0.717, 1.165) is 16.0 Å². The maximum atomic E-state index is 13.3. The van der Waals surface area contributed by atoms with E-state index in [1.54, 1.807) is 29.2 Å². The molecule has 8 nitrogen and oxygen atoms in total. The Hall–Kier alpha value is -4.43. The fourth-order valence-corrected chi connectivity index (χ4v) is 4.46. The Bertz CT molecular complexity index is 1340. The van der Waals surface area contributed by atoms with Crippen LogP contribution in [0.15, 0.2) is 72.9 Å². The van der Waals surface area contributed by atoms with Gasteiger partial charge in [0.2, 0.25) is 11.8 Å². The molecule has 1 saturated heterocycles. The van der Waals surface area contributed by atoms with Crippen molar-refractivity contribution in [3.05, 3.63) is 89.6 Å². The third-order valence-electron chi connectivity index (χ3n) is 6.69. The van der Waals surface area contributed by atoms with Crippen LogP contribution in [0, 0.1) is 11.3 Å². The van der Waals surface area contributed by atoms with Crippen LogP contribution in [-0.4, -0.2) is 60.6 Å². The molecule has 0 saturated carbocycles. The molecule has 11 heteroatoms. The minimum absolute atomic E-state index is 0.0395. The van der Waals surface area contributed by atoms with Crippen LogP contribution < -0.4 is 15.5 Å². The number of amides is 2. The van der Waals surface area contributed by atoms with Crippen LogP contribution in [0.25, 0.3) is 0 Å². The molecule has 2 aromatic carbocycles. The molecule has 2 N–H and O–H groups in total. The van der Waals surface area contributed by atoms with Crippen LogP contribution >= 0.6 is 0 Å². The molecule has 0 aliphatic carbocycles. The van der Waals surface area contributed by atoms with Crippen LogP contribution in [-0.2, 0) is 9.59 Å². The number of nitrogens with zero attached hydrogens (tertiary/aromatic N) is 4. The van der Waals surface area contributed by atoms with Crippen LogP contribution in [0.5, 0.6) is 0 Å². The summed E-state index contributed by atoms with van der Waals surface area (Å²) < 4.78 is 38.0. The Morgan fingerprint density at radius 2 is 1.77 bits per heavy atom. The van der Waals surface area contributed by atoms with Gasteiger partial charge in [-0.15, -0.1) is 0 Å². The molecule has 2 amide bonds. The molecule has 1 unspecified atom stereocenters. The Kier molecular flexibility index (Phi) is 9.01. The summed E-state index contributed by atoms with van der Waals surface area (Å²) in [5.41, 5.74) is 2.97. The fourth-order valence-electron chi connectivity index (χ4n) is 4.46. The van der Waals surface area contributed by atoms with Crippen molar-refractivity contribution in [2.75, 3.05) is 42.9 Å². The van der Waals surface area contributed by atoms with Gasteiger partial charge < -0.3 is 20.4 Å². The van der Waals surface area contributed by atoms with Gasteiger partial charge in [-0.3, -0.25) is 9.59 Å². The number of halogens is 3. The average molecular weight is 551 g/mol. The highest BCUT2D eigenvalue weighted by molar-refractivity contribution is 5.95. The van der Waals surface area contributed by atoms with Crippen molar-refractivity contribution in [1.82, 2.24) is 15.2 Å². The summed E-state index contributed by atoms with van der Waals surface area (Å²) in [5.74, 6) is -0.537. The number of piperazine rings is 1. The van der Waals surface area contributed by atoms with Crippen molar-refractivity contribution >= 4 is 23.3 Å². The largest absolute Gasteiger partial charge is 0.406 e. The van der Waals surface area contributed by atoms with Gasteiger partial charge in [0, 0.05) is 19.6 Å². The van der Waals surface area contributed by atoms with Crippen LogP contribution in [0.3, 0.4) is 0 Å². The zero-order chi connectivity index (χ0) is 28.7. The first-order valence-electron chi connectivity index (χ1n) is 12.8. The third kappa shape index (κ3) is 7.57. The molecular formula is C29H29F3N6O2. The predicted molar refractivity (Wildman–Crippen MR) is 144 cm³/mol. The molecule has 40 heavy (non-hydrogen) atoms. The molecule has 3 aromatic rings. The first-order valence-corrected chi connectivity index (χ1v) is 12.8. The van der Waals surface area contributed by atoms with E-state index < -0.39 is 24.7 Å². The number of hydrogen-bond donors (Lipinski definition) is 2. The van der Waals surface area contributed by atoms with E-state index in [-0.39, 0.29) is 31.5 Å². The highest BCUT2D eigenvalue weighted by Gasteiger charge is 2.35. The number of anilines is 2. The number of hydrogen-bond acceptors (Lipinski definition) is 6. The summed E-state index contributed by atoms with van der Waals surface area (Å²) in [5, 5.41) is 15.2. The van der Waals surface area contributed by atoms with Crippen LogP contribution in [0.1, 0.15) is 35.6 Å². The molecule has 2 atom stereocenters. The highest BCUT2D eigenvalue weighted by Crippen LogP contribution is 2.23. The van der Waals surface area contributed by atoms with Gasteiger partial charge >= 0.3 is 6.18 Å². The van der Waals surface area contributed by atoms with Gasteiger partial charge in [0.25, 0.3) is 0 Å². The molecule has 208 valence electrons. The van der Waals surface area contributed by atoms with Crippen molar-refractivity contribution in [1.29, 1.82) is 5.26 Å². The first kappa shape index (κ1) is 28.6. The van der Waals surface area contributed by atoms with Gasteiger partial charge in [-0.1, -0.05) is 49.4 Å². The molecule has 0 radical (unpaired) electrons. The van der Waals surface area contributed by atoms with Crippen molar-refractivity contribution in [2.45, 2.75) is 25.1 Å². The van der Waals surface area contributed by atoms with Crippen molar-refractivity contribution in [3.63, 3.8) is 0 Å². The maximum absolute atomic E-state index is 13.3. The summed E-state index contributed by atoms with van der Waals surface area (Å²) in [6, 6.07) is 21.3. The molecule has 4 rings (SSSR count). The van der Waals surface area contributed by atoms with Gasteiger partial charge in [-0.25, -0.2) is 4.98 Å². The van der Waals surface area contributed by atoms with E-state index in [0.29, 0.717) is 23.6 Å². The number of rotatable bonds is 9. The van der Waals surface area contributed by atoms with E-state index in [4.69, 9.17) is 5.26 Å². The maximum Gasteiger partial charge on any atom is 0.406 e. The molecule has 0 spiro atoms. The molecule has 0 bridgehead atoms. The smallest absolute Gasteiger partial charge is 0.359 e. The van der Waals surface area contributed by atoms with Gasteiger partial charge in [0.1, 0.15) is 18.4 Å². The van der Waals surface area contributed by atoms with E-state index in [1.807, 2.05) is 49.4 Å². The summed E-state index contributed by atoms with van der Waals surface area (Å²) in [6.45, 7) is 1.29. The summed E-state index contributed by atoms with van der Waals surface area (Å²) >= 11 is 0. The minimum Gasteiger partial charge on any atom is -0.359 e. The standard InChI is InChI=1S/C29H29F3N6O2/c1-20(22-9-7-21(15-33)8-10-22)16-35-27(23-5-3-2-4-6-23)28(40)36-25-12-11-24(17-34-25)37-13-14-38(26(39)18-37)19-29(30,31)32/h2-12,17,20,27,35H,13-14,16,18-19H2,1H3,(H,34,36,40)/t20-,27?/m1/s1. The minimum atomic E-state index is -4.44. The molecule has 1 aliphatic rings. The Labute approximate surface area is 230 Å². The summed E-state index contributed by atoms with van der Waals surface area (Å²) in [7, 11) is 0. The van der Waals surface area contributed by atoms with Crippen molar-refractivity contribution < 1.29 is 22.8 Å². The lowest BCUT2D eigenvalue weighted by atomic mass is 9.98. The lowest BCUT2D eigenvalue weighted by Gasteiger charge is -2.35. The number of benzene rings is 2. The zero-order valence-electron chi connectivity index (χ0n) is 21.9. The second-order valence-corrected chi connectivity index (χ2v) is 9.63. The van der Waals surface area contributed by atoms with Crippen LogP contribution in [0.4, 0.5) is 24.7 Å². The number of pyridine rings is 1. The Balaban J connectivity index is 1.39. The second-order valence-electron chi connectivity index (χ2n) is 9.63. The second kappa shape index (κ2) is 12.6. The number of alkyl halides is 3. The zero-order valence-corrected chi connectivity index (χ0v) is 21.9. The van der Waals surface area contributed by atoms with Crippen LogP contribution in [0.2, 0.25) is 0 Å². The van der Waals surface area contributed by atoms with E-state index in [1.165, 1.54) is 6.20 Å². The van der Waals surface area contributed by atoms with Gasteiger partial charge in [-0.05, 0) is 41.3 Å². The van der Waals surface area contributed by atoms with Crippen molar-refractivity contribution in [3.8, 4) is 6.07 Å². The van der Waals surface area contributed by atoms with E-state index in [9.17, 15) is 22.8 Å². The normalized spacial score (nSPS) is 15.3. The quantitative estimate of drug-likeness (QED) is 0.414. The highest BCUT2D eigenvalue weighted by atomic mass is 19.4. The summed E-state index contributed by atoms with van der Waals surface area (Å²) in [4.78, 5) is 32.3. The molecule has 1 aliphatic heterocycles. The van der Waals surface area contributed by atoms with Gasteiger partial charge in [0.05, 0.1) is 30.1 Å². The fraction of sp³-hybridized carbons (Fsp3) is 0.310. The summed E-state index contributed by atoms with van der Waals surface area (Å²) in [6.07, 6.45) is -2.95. The molecule has 1 aromatic heterocycles. The third-order valence-corrected chi connectivity index (χ3v) is 6.69. The monoisotopic (exact) mass is 550 g/mol. The number of aromatic nitrogens is 1. The van der Waals surface area contributed by atoms with E-state index in [2.05, 4.69) is 21.7 Å². The van der Waals surface area contributed by atoms with E-state index >= 15 is 0 Å². The number of carbonyl (C=O) groups excluding carboxylic acids is 2.